The van der Waals surface area contributed by atoms with Crippen LogP contribution in [0.2, 0.25) is 0 Å². The van der Waals surface area contributed by atoms with Gasteiger partial charge in [0.05, 0.1) is 11.4 Å². The molecule has 2 nitrogen and oxygen atoms in total. The number of rotatable bonds is 3. The zero-order valence-corrected chi connectivity index (χ0v) is 53.9. The molecule has 0 spiro atoms. The standard InChI is InChI=1S/C76H93BN2S/c1-44-36-60-64-61(37-44)79(59-27-22-46(68(3,4)5)39-49(59)48-41-55-53(38-45(48)2)71(10,11)30-31-73(55,14)15)65-50-42-56-57(75(18,19)33-32-74(56,16)17)43-62(50)80-67(65)77(64)58-26-25-52-63(76(20,21)35-34-70(52,8)9)66(58)78(60)47-23-24-51-54(40-47)72(12,13)29-28-69(51,6)7/h22-27,36-43H,28-35H2,1-21H3. The van der Waals surface area contributed by atoms with Crippen LogP contribution in [0.5, 0.6) is 0 Å². The van der Waals surface area contributed by atoms with Crippen molar-refractivity contribution in [2.75, 3.05) is 9.80 Å². The molecular formula is C76H93BN2S. The summed E-state index contributed by atoms with van der Waals surface area (Å²) in [6.45, 7) is 52.1. The lowest BCUT2D eigenvalue weighted by Gasteiger charge is -2.49. The summed E-state index contributed by atoms with van der Waals surface area (Å²) < 4.78 is 2.90. The highest BCUT2D eigenvalue weighted by atomic mass is 32.1. The van der Waals surface area contributed by atoms with Gasteiger partial charge < -0.3 is 9.80 Å². The summed E-state index contributed by atoms with van der Waals surface area (Å²) in [7, 11) is 0. The second-order valence-corrected chi connectivity index (χ2v) is 34.0. The second-order valence-electron chi connectivity index (χ2n) is 33.0. The molecule has 7 aromatic rings. The van der Waals surface area contributed by atoms with E-state index in [4.69, 9.17) is 0 Å². The second kappa shape index (κ2) is 16.8. The first-order valence-corrected chi connectivity index (χ1v) is 31.9. The lowest BCUT2D eigenvalue weighted by molar-refractivity contribution is 0.331. The van der Waals surface area contributed by atoms with Gasteiger partial charge in [-0.25, -0.2) is 0 Å². The fraction of sp³-hybridized carbons (Fsp3) is 0.500. The molecule has 0 N–H and O–H groups in total. The number of hydrogen-bond donors (Lipinski definition) is 0. The van der Waals surface area contributed by atoms with Crippen LogP contribution >= 0.6 is 11.3 Å². The van der Waals surface area contributed by atoms with Crippen LogP contribution in [0.3, 0.4) is 0 Å². The largest absolute Gasteiger partial charge is 0.311 e. The number of thiophene rings is 1. The third-order valence-electron chi connectivity index (χ3n) is 22.4. The number of nitrogens with zero attached hydrogens (tertiary/aromatic N) is 2. The first-order chi connectivity index (χ1) is 37.0. The molecule has 416 valence electrons. The highest BCUT2D eigenvalue weighted by Crippen LogP contribution is 2.59. The maximum Gasteiger partial charge on any atom is 0.264 e. The van der Waals surface area contributed by atoms with Gasteiger partial charge >= 0.3 is 0 Å². The smallest absolute Gasteiger partial charge is 0.264 e. The highest BCUT2D eigenvalue weighted by molar-refractivity contribution is 7.33. The molecular weight excluding hydrogens is 984 g/mol. The quantitative estimate of drug-likeness (QED) is 0.163. The number of anilines is 6. The molecule has 13 rings (SSSR count). The highest BCUT2D eigenvalue weighted by Gasteiger charge is 2.51. The van der Waals surface area contributed by atoms with Crippen LogP contribution in [0.25, 0.3) is 21.2 Å². The Bertz CT molecular complexity index is 3820. The molecule has 0 atom stereocenters. The summed E-state index contributed by atoms with van der Waals surface area (Å²) in [6.07, 6.45) is 9.49. The van der Waals surface area contributed by atoms with Crippen LogP contribution in [0.15, 0.2) is 84.9 Å². The predicted octanol–water partition coefficient (Wildman–Crippen LogP) is 20.0. The van der Waals surface area contributed by atoms with E-state index in [1.54, 1.807) is 5.56 Å². The van der Waals surface area contributed by atoms with Crippen molar-refractivity contribution in [1.82, 2.24) is 0 Å². The van der Waals surface area contributed by atoms with Gasteiger partial charge in [0.15, 0.2) is 0 Å². The Morgan fingerprint density at radius 3 is 1.50 bits per heavy atom. The molecule has 1 aromatic heterocycles. The normalized spacial score (nSPS) is 21.6. The van der Waals surface area contributed by atoms with Crippen molar-refractivity contribution in [3.05, 3.63) is 146 Å². The molecule has 6 aliphatic rings. The van der Waals surface area contributed by atoms with Crippen LogP contribution in [-0.2, 0) is 48.7 Å². The van der Waals surface area contributed by atoms with Crippen molar-refractivity contribution in [3.8, 4) is 11.1 Å². The minimum atomic E-state index is -0.0474. The summed E-state index contributed by atoms with van der Waals surface area (Å²) >= 11 is 2.10. The summed E-state index contributed by atoms with van der Waals surface area (Å²) in [6, 6.07) is 36.4. The van der Waals surface area contributed by atoms with E-state index in [0.29, 0.717) is 0 Å². The van der Waals surface area contributed by atoms with Crippen molar-refractivity contribution in [3.63, 3.8) is 0 Å². The van der Waals surface area contributed by atoms with E-state index in [1.165, 1.54) is 172 Å². The maximum atomic E-state index is 2.83. The molecule has 0 radical (unpaired) electrons. The Morgan fingerprint density at radius 1 is 0.425 bits per heavy atom. The zero-order valence-electron chi connectivity index (χ0n) is 53.1. The monoisotopic (exact) mass is 1080 g/mol. The molecule has 3 heterocycles. The predicted molar refractivity (Wildman–Crippen MR) is 351 cm³/mol. The number of aryl methyl sites for hydroxylation is 2. The van der Waals surface area contributed by atoms with Crippen LogP contribution in [0.4, 0.5) is 34.1 Å². The molecule has 4 heteroatoms. The van der Waals surface area contributed by atoms with Gasteiger partial charge in [-0.15, -0.1) is 11.3 Å². The number of fused-ring (bicyclic) bond motifs is 11. The van der Waals surface area contributed by atoms with Crippen LogP contribution in [0, 0.1) is 13.8 Å². The van der Waals surface area contributed by atoms with E-state index in [9.17, 15) is 0 Å². The zero-order chi connectivity index (χ0) is 57.4. The summed E-state index contributed by atoms with van der Waals surface area (Å²) in [4.78, 5) is 5.64. The van der Waals surface area contributed by atoms with Gasteiger partial charge in [0.25, 0.3) is 6.71 Å². The van der Waals surface area contributed by atoms with Crippen molar-refractivity contribution in [2.45, 2.75) is 245 Å². The van der Waals surface area contributed by atoms with E-state index >= 15 is 0 Å². The summed E-state index contributed by atoms with van der Waals surface area (Å²) in [5.41, 5.74) is 30.4. The lowest BCUT2D eigenvalue weighted by Crippen LogP contribution is -2.61. The Morgan fingerprint density at radius 2 is 0.912 bits per heavy atom. The molecule has 6 aromatic carbocycles. The van der Waals surface area contributed by atoms with Crippen LogP contribution in [0.1, 0.15) is 244 Å². The first kappa shape index (κ1) is 54.2. The fourth-order valence-electron chi connectivity index (χ4n) is 16.6. The average Bonchev–Trinajstić information content (AvgIpc) is 3.94. The lowest BCUT2D eigenvalue weighted by atomic mass is 9.35. The molecule has 0 unspecified atom stereocenters. The van der Waals surface area contributed by atoms with Gasteiger partial charge in [0, 0.05) is 43.2 Å². The van der Waals surface area contributed by atoms with E-state index in [-0.39, 0.29) is 55.4 Å². The van der Waals surface area contributed by atoms with Gasteiger partial charge in [-0.3, -0.25) is 0 Å². The van der Waals surface area contributed by atoms with Gasteiger partial charge in [-0.1, -0.05) is 162 Å². The molecule has 80 heavy (non-hydrogen) atoms. The van der Waals surface area contributed by atoms with Crippen LogP contribution < -0.4 is 25.5 Å². The average molecular weight is 1080 g/mol. The third-order valence-corrected chi connectivity index (χ3v) is 23.6. The van der Waals surface area contributed by atoms with Crippen molar-refractivity contribution < 1.29 is 0 Å². The fourth-order valence-corrected chi connectivity index (χ4v) is 17.9. The van der Waals surface area contributed by atoms with Gasteiger partial charge in [0.2, 0.25) is 0 Å². The van der Waals surface area contributed by atoms with E-state index in [0.717, 1.165) is 6.42 Å². The summed E-state index contributed by atoms with van der Waals surface area (Å²) in [5.74, 6) is 0. The van der Waals surface area contributed by atoms with Crippen molar-refractivity contribution in [1.29, 1.82) is 0 Å². The Balaban J connectivity index is 1.19. The van der Waals surface area contributed by atoms with E-state index < -0.39 is 0 Å². The van der Waals surface area contributed by atoms with E-state index in [1.807, 2.05) is 0 Å². The Hall–Kier alpha value is -5.06. The Labute approximate surface area is 487 Å². The SMILES string of the molecule is Cc1cc2c3c(c1)N(c1ccc(C(C)(C)C)cc1-c1cc4c(cc1C)C(C)(C)CCC4(C)C)c1c(sc4cc5c(cc14)C(C)(C)CCC5(C)C)B3c1ccc3c(c1N2c1ccc2c(c1)C(C)(C)CCC2(C)C)C(C)(C)CCC3(C)C. The van der Waals surface area contributed by atoms with Gasteiger partial charge in [-0.2, -0.15) is 0 Å². The minimum absolute atomic E-state index is 0.0335. The molecule has 0 amide bonds. The number of benzene rings is 6. The maximum absolute atomic E-state index is 2.83. The van der Waals surface area contributed by atoms with Crippen LogP contribution in [-0.4, -0.2) is 6.71 Å². The molecule has 0 saturated heterocycles. The molecule has 0 saturated carbocycles. The third kappa shape index (κ3) is 7.80. The summed E-state index contributed by atoms with van der Waals surface area (Å²) in [5, 5.41) is 1.40. The molecule has 0 bridgehead atoms. The molecule has 4 aliphatic carbocycles. The topological polar surface area (TPSA) is 6.48 Å². The van der Waals surface area contributed by atoms with Gasteiger partial charge in [-0.05, 0) is 246 Å². The Kier molecular flexibility index (Phi) is 11.4. The van der Waals surface area contributed by atoms with E-state index in [2.05, 4.69) is 251 Å². The molecule has 0 fully saturated rings. The first-order valence-electron chi connectivity index (χ1n) is 31.0. The van der Waals surface area contributed by atoms with Crippen molar-refractivity contribution in [2.24, 2.45) is 0 Å². The minimum Gasteiger partial charge on any atom is -0.311 e. The number of hydrogen-bond acceptors (Lipinski definition) is 3. The molecule has 2 aliphatic heterocycles. The van der Waals surface area contributed by atoms with Crippen molar-refractivity contribution >= 4 is 78.0 Å². The van der Waals surface area contributed by atoms with Gasteiger partial charge in [0.1, 0.15) is 0 Å².